The van der Waals surface area contributed by atoms with E-state index in [0.29, 0.717) is 32.6 Å². The van der Waals surface area contributed by atoms with E-state index in [1.165, 1.54) is 0 Å². The lowest BCUT2D eigenvalue weighted by molar-refractivity contribution is -0.147. The SMILES string of the molecule is CCCNC(=O)CN1CCC(C)(C(=O)O)C1. The van der Waals surface area contributed by atoms with E-state index in [4.69, 9.17) is 5.11 Å². The first kappa shape index (κ1) is 13.0. The lowest BCUT2D eigenvalue weighted by Gasteiger charge is -2.19. The Balaban J connectivity index is 2.37. The van der Waals surface area contributed by atoms with Gasteiger partial charge < -0.3 is 10.4 Å². The first-order valence-corrected chi connectivity index (χ1v) is 5.70. The maximum absolute atomic E-state index is 11.4. The van der Waals surface area contributed by atoms with Gasteiger partial charge in [-0.3, -0.25) is 14.5 Å². The van der Waals surface area contributed by atoms with Crippen LogP contribution in [0, 0.1) is 5.41 Å². The average Bonchev–Trinajstić information content (AvgIpc) is 2.58. The standard InChI is InChI=1S/C11H20N2O3/c1-3-5-12-9(14)7-13-6-4-11(2,8-13)10(15)16/h3-8H2,1-2H3,(H,12,14)(H,15,16). The Kier molecular flexibility index (Phi) is 4.29. The van der Waals surface area contributed by atoms with E-state index in [2.05, 4.69) is 5.32 Å². The molecule has 1 unspecified atom stereocenters. The maximum Gasteiger partial charge on any atom is 0.310 e. The minimum atomic E-state index is -0.774. The van der Waals surface area contributed by atoms with Gasteiger partial charge in [-0.2, -0.15) is 0 Å². The molecule has 0 spiro atoms. The van der Waals surface area contributed by atoms with Crippen molar-refractivity contribution in [2.75, 3.05) is 26.2 Å². The van der Waals surface area contributed by atoms with Gasteiger partial charge in [-0.15, -0.1) is 0 Å². The van der Waals surface area contributed by atoms with Gasteiger partial charge in [0.05, 0.1) is 12.0 Å². The molecule has 0 radical (unpaired) electrons. The van der Waals surface area contributed by atoms with Crippen LogP contribution in [0.1, 0.15) is 26.7 Å². The van der Waals surface area contributed by atoms with E-state index in [0.717, 1.165) is 6.42 Å². The molecule has 0 aliphatic carbocycles. The molecule has 1 aliphatic rings. The summed E-state index contributed by atoms with van der Waals surface area (Å²) >= 11 is 0. The summed E-state index contributed by atoms with van der Waals surface area (Å²) in [6.45, 7) is 5.87. The molecule has 0 aromatic rings. The van der Waals surface area contributed by atoms with Gasteiger partial charge in [0.25, 0.3) is 0 Å². The van der Waals surface area contributed by atoms with Crippen molar-refractivity contribution >= 4 is 11.9 Å². The van der Waals surface area contributed by atoms with Gasteiger partial charge in [-0.1, -0.05) is 6.92 Å². The van der Waals surface area contributed by atoms with E-state index in [1.54, 1.807) is 6.92 Å². The highest BCUT2D eigenvalue weighted by molar-refractivity contribution is 5.78. The van der Waals surface area contributed by atoms with E-state index < -0.39 is 11.4 Å². The van der Waals surface area contributed by atoms with Crippen LogP contribution in [0.4, 0.5) is 0 Å². The Bertz CT molecular complexity index is 280. The molecule has 1 saturated heterocycles. The van der Waals surface area contributed by atoms with Crippen molar-refractivity contribution in [2.45, 2.75) is 26.7 Å². The van der Waals surface area contributed by atoms with Crippen molar-refractivity contribution in [3.05, 3.63) is 0 Å². The van der Waals surface area contributed by atoms with Gasteiger partial charge in [-0.25, -0.2) is 0 Å². The average molecular weight is 228 g/mol. The maximum atomic E-state index is 11.4. The fourth-order valence-corrected chi connectivity index (χ4v) is 1.89. The monoisotopic (exact) mass is 228 g/mol. The highest BCUT2D eigenvalue weighted by Crippen LogP contribution is 2.29. The summed E-state index contributed by atoms with van der Waals surface area (Å²) in [7, 11) is 0. The van der Waals surface area contributed by atoms with Gasteiger partial charge >= 0.3 is 5.97 Å². The summed E-state index contributed by atoms with van der Waals surface area (Å²) in [5, 5.41) is 11.8. The molecule has 0 aromatic carbocycles. The lowest BCUT2D eigenvalue weighted by Crippen LogP contribution is -2.38. The Morgan fingerprint density at radius 2 is 2.19 bits per heavy atom. The highest BCUT2D eigenvalue weighted by Gasteiger charge is 2.40. The number of nitrogens with one attached hydrogen (secondary N) is 1. The number of carboxylic acids is 1. The summed E-state index contributed by atoms with van der Waals surface area (Å²) < 4.78 is 0. The van der Waals surface area contributed by atoms with Gasteiger partial charge in [0.15, 0.2) is 0 Å². The molecule has 5 heteroatoms. The van der Waals surface area contributed by atoms with Crippen molar-refractivity contribution in [3.8, 4) is 0 Å². The molecule has 0 aromatic heterocycles. The van der Waals surface area contributed by atoms with E-state index in [9.17, 15) is 9.59 Å². The zero-order valence-electron chi connectivity index (χ0n) is 9.95. The highest BCUT2D eigenvalue weighted by atomic mass is 16.4. The summed E-state index contributed by atoms with van der Waals surface area (Å²) in [5.41, 5.74) is -0.689. The number of likely N-dealkylation sites (tertiary alicyclic amines) is 1. The first-order valence-electron chi connectivity index (χ1n) is 5.70. The van der Waals surface area contributed by atoms with Crippen molar-refractivity contribution in [2.24, 2.45) is 5.41 Å². The van der Waals surface area contributed by atoms with Gasteiger partial charge in [0.2, 0.25) is 5.91 Å². The smallest absolute Gasteiger partial charge is 0.310 e. The number of nitrogens with zero attached hydrogens (tertiary/aromatic N) is 1. The van der Waals surface area contributed by atoms with Crippen LogP contribution in [0.5, 0.6) is 0 Å². The van der Waals surface area contributed by atoms with Gasteiger partial charge in [-0.05, 0) is 26.3 Å². The number of hydrogen-bond donors (Lipinski definition) is 2. The Morgan fingerprint density at radius 3 is 2.69 bits per heavy atom. The molecule has 92 valence electrons. The number of carbonyl (C=O) groups excluding carboxylic acids is 1. The molecule has 0 bridgehead atoms. The molecular formula is C11H20N2O3. The van der Waals surface area contributed by atoms with Crippen molar-refractivity contribution in [1.29, 1.82) is 0 Å². The van der Waals surface area contributed by atoms with E-state index >= 15 is 0 Å². The minimum absolute atomic E-state index is 0.0171. The van der Waals surface area contributed by atoms with Crippen LogP contribution < -0.4 is 5.32 Å². The van der Waals surface area contributed by atoms with Crippen molar-refractivity contribution in [1.82, 2.24) is 10.2 Å². The van der Waals surface area contributed by atoms with Crippen LogP contribution in [0.3, 0.4) is 0 Å². The van der Waals surface area contributed by atoms with E-state index in [1.807, 2.05) is 11.8 Å². The molecule has 1 fully saturated rings. The number of hydrogen-bond acceptors (Lipinski definition) is 3. The third kappa shape index (κ3) is 3.20. The molecular weight excluding hydrogens is 208 g/mol. The van der Waals surface area contributed by atoms with Crippen LogP contribution in [-0.4, -0.2) is 48.1 Å². The molecule has 1 amide bonds. The number of aliphatic carboxylic acids is 1. The Labute approximate surface area is 95.8 Å². The molecule has 2 N–H and O–H groups in total. The molecule has 1 aliphatic heterocycles. The Hall–Kier alpha value is -1.10. The summed E-state index contributed by atoms with van der Waals surface area (Å²) in [5.74, 6) is -0.791. The summed E-state index contributed by atoms with van der Waals surface area (Å²) in [4.78, 5) is 24.3. The van der Waals surface area contributed by atoms with Crippen molar-refractivity contribution < 1.29 is 14.7 Å². The second-order valence-electron chi connectivity index (χ2n) is 4.68. The quantitative estimate of drug-likeness (QED) is 0.710. The molecule has 0 saturated carbocycles. The molecule has 5 nitrogen and oxygen atoms in total. The molecule has 1 rings (SSSR count). The second kappa shape index (κ2) is 5.30. The fourth-order valence-electron chi connectivity index (χ4n) is 1.89. The number of carboxylic acid groups (broad SMARTS) is 1. The summed E-state index contributed by atoms with van der Waals surface area (Å²) in [6, 6.07) is 0. The zero-order chi connectivity index (χ0) is 12.2. The normalized spacial score (nSPS) is 25.6. The third-order valence-electron chi connectivity index (χ3n) is 3.01. The fraction of sp³-hybridized carbons (Fsp3) is 0.818. The number of rotatable bonds is 5. The van der Waals surface area contributed by atoms with Crippen LogP contribution in [0.2, 0.25) is 0 Å². The largest absolute Gasteiger partial charge is 0.481 e. The van der Waals surface area contributed by atoms with Crippen LogP contribution in [0.15, 0.2) is 0 Å². The molecule has 1 atom stereocenters. The summed E-state index contributed by atoms with van der Waals surface area (Å²) in [6.07, 6.45) is 1.53. The van der Waals surface area contributed by atoms with Crippen LogP contribution in [-0.2, 0) is 9.59 Å². The topological polar surface area (TPSA) is 69.6 Å². The minimum Gasteiger partial charge on any atom is -0.481 e. The third-order valence-corrected chi connectivity index (χ3v) is 3.01. The van der Waals surface area contributed by atoms with Crippen LogP contribution in [0.25, 0.3) is 0 Å². The molecule has 16 heavy (non-hydrogen) atoms. The predicted octanol–water partition coefficient (Wildman–Crippen LogP) is 0.309. The Morgan fingerprint density at radius 1 is 1.50 bits per heavy atom. The molecule has 1 heterocycles. The van der Waals surface area contributed by atoms with E-state index in [-0.39, 0.29) is 5.91 Å². The van der Waals surface area contributed by atoms with Crippen LogP contribution >= 0.6 is 0 Å². The second-order valence-corrected chi connectivity index (χ2v) is 4.68. The van der Waals surface area contributed by atoms with Gasteiger partial charge in [0.1, 0.15) is 0 Å². The lowest BCUT2D eigenvalue weighted by atomic mass is 9.90. The first-order chi connectivity index (χ1) is 7.48. The van der Waals surface area contributed by atoms with Crippen molar-refractivity contribution in [3.63, 3.8) is 0 Å². The number of carbonyl (C=O) groups is 2. The zero-order valence-corrected chi connectivity index (χ0v) is 9.95. The predicted molar refractivity (Wildman–Crippen MR) is 60.1 cm³/mol. The number of amides is 1. The van der Waals surface area contributed by atoms with Gasteiger partial charge in [0, 0.05) is 13.1 Å².